The molecule has 27 heavy (non-hydrogen) atoms. The predicted molar refractivity (Wildman–Crippen MR) is 82.5 cm³/mol. The highest BCUT2D eigenvalue weighted by molar-refractivity contribution is 6.22. The van der Waals surface area contributed by atoms with E-state index in [1.165, 1.54) is 0 Å². The SMILES string of the molecule is CC(=O)OC[C@H]1O[C@H](OC(C)=O)[C@@H](C(F)(F)Cl)[C@@H](OC(C)=O)[C@@H]1OC(C)=O. The lowest BCUT2D eigenvalue weighted by Gasteiger charge is -2.45. The molecule has 0 aliphatic carbocycles. The zero-order chi connectivity index (χ0) is 20.9. The van der Waals surface area contributed by atoms with Gasteiger partial charge in [-0.25, -0.2) is 0 Å². The van der Waals surface area contributed by atoms with E-state index in [1.54, 1.807) is 0 Å². The molecule has 0 bridgehead atoms. The molecule has 0 N–H and O–H groups in total. The number of alkyl halides is 3. The molecule has 9 nitrogen and oxygen atoms in total. The van der Waals surface area contributed by atoms with Gasteiger partial charge in [0, 0.05) is 27.7 Å². The van der Waals surface area contributed by atoms with Crippen molar-refractivity contribution in [3.8, 4) is 0 Å². The summed E-state index contributed by atoms with van der Waals surface area (Å²) in [7, 11) is 0. The third-order valence-corrected chi connectivity index (χ3v) is 3.61. The zero-order valence-electron chi connectivity index (χ0n) is 14.9. The Labute approximate surface area is 158 Å². The molecule has 1 rings (SSSR count). The minimum absolute atomic E-state index is 0.552. The van der Waals surface area contributed by atoms with Gasteiger partial charge in [-0.05, 0) is 11.6 Å². The smallest absolute Gasteiger partial charge is 0.334 e. The normalized spacial score (nSPS) is 28.0. The van der Waals surface area contributed by atoms with Gasteiger partial charge in [0.05, 0.1) is 0 Å². The van der Waals surface area contributed by atoms with E-state index in [1.807, 2.05) is 0 Å². The molecule has 1 aliphatic heterocycles. The Balaban J connectivity index is 3.36. The summed E-state index contributed by atoms with van der Waals surface area (Å²) in [6.45, 7) is 3.38. The molecule has 0 spiro atoms. The predicted octanol–water partition coefficient (Wildman–Crippen LogP) is 1.15. The van der Waals surface area contributed by atoms with E-state index in [0.29, 0.717) is 0 Å². The summed E-state index contributed by atoms with van der Waals surface area (Å²) >= 11 is 5.12. The van der Waals surface area contributed by atoms with Crippen molar-refractivity contribution >= 4 is 35.5 Å². The molecule has 1 aliphatic rings. The van der Waals surface area contributed by atoms with Gasteiger partial charge in [-0.15, -0.1) is 0 Å². The first-order valence-electron chi connectivity index (χ1n) is 7.70. The molecule has 5 atom stereocenters. The Hall–Kier alpha value is -2.01. The highest BCUT2D eigenvalue weighted by Crippen LogP contribution is 2.43. The summed E-state index contributed by atoms with van der Waals surface area (Å²) in [5.74, 6) is -5.82. The standard InChI is InChI=1S/C15H19ClF2O9/c1-6(19)23-5-10-12(24-7(2)20)13(25-8(3)21)11(15(16,17)18)14(27-10)26-9(4)22/h10-14H,5H2,1-4H3/t10-,11+,12-,13-,14+/m1/s1. The van der Waals surface area contributed by atoms with E-state index in [0.717, 1.165) is 27.7 Å². The monoisotopic (exact) mass is 416 g/mol. The summed E-state index contributed by atoms with van der Waals surface area (Å²) in [4.78, 5) is 45.2. The average molecular weight is 417 g/mol. The lowest BCUT2D eigenvalue weighted by Crippen LogP contribution is -2.62. The Kier molecular flexibility index (Phi) is 7.90. The first-order valence-corrected chi connectivity index (χ1v) is 8.08. The van der Waals surface area contributed by atoms with Crippen LogP contribution in [0.1, 0.15) is 27.7 Å². The van der Waals surface area contributed by atoms with Crippen LogP contribution in [0.3, 0.4) is 0 Å². The number of halogens is 3. The van der Waals surface area contributed by atoms with Crippen LogP contribution < -0.4 is 0 Å². The Morgan fingerprint density at radius 3 is 1.78 bits per heavy atom. The molecule has 0 saturated carbocycles. The number of rotatable bonds is 6. The van der Waals surface area contributed by atoms with Crippen molar-refractivity contribution in [3.63, 3.8) is 0 Å². The van der Waals surface area contributed by atoms with Gasteiger partial charge in [0.25, 0.3) is 0 Å². The van der Waals surface area contributed by atoms with E-state index in [2.05, 4.69) is 0 Å². The fourth-order valence-electron chi connectivity index (χ4n) is 2.51. The van der Waals surface area contributed by atoms with Gasteiger partial charge in [-0.2, -0.15) is 8.78 Å². The van der Waals surface area contributed by atoms with Crippen molar-refractivity contribution in [2.24, 2.45) is 5.92 Å². The summed E-state index contributed by atoms with van der Waals surface area (Å²) in [5, 5.41) is -4.08. The van der Waals surface area contributed by atoms with Crippen LogP contribution in [0.15, 0.2) is 0 Å². The lowest BCUT2D eigenvalue weighted by molar-refractivity contribution is -0.304. The molecule has 0 radical (unpaired) electrons. The van der Waals surface area contributed by atoms with Crippen LogP contribution in [-0.4, -0.2) is 60.5 Å². The zero-order valence-corrected chi connectivity index (χ0v) is 15.7. The highest BCUT2D eigenvalue weighted by atomic mass is 35.5. The van der Waals surface area contributed by atoms with E-state index in [9.17, 15) is 28.0 Å². The molecule has 1 fully saturated rings. The summed E-state index contributed by atoms with van der Waals surface area (Å²) in [6, 6.07) is 0. The van der Waals surface area contributed by atoms with Crippen molar-refractivity contribution in [1.29, 1.82) is 0 Å². The number of esters is 4. The summed E-state index contributed by atoms with van der Waals surface area (Å²) < 4.78 is 52.7. The molecule has 1 heterocycles. The lowest BCUT2D eigenvalue weighted by atomic mass is 9.90. The Morgan fingerprint density at radius 1 is 0.889 bits per heavy atom. The van der Waals surface area contributed by atoms with Crippen molar-refractivity contribution in [3.05, 3.63) is 0 Å². The molecule has 0 aromatic carbocycles. The maximum atomic E-state index is 14.0. The summed E-state index contributed by atoms with van der Waals surface area (Å²) in [6.07, 6.45) is -6.79. The maximum Gasteiger partial charge on any atom is 0.334 e. The number of carbonyl (C=O) groups excluding carboxylic acids is 4. The number of carbonyl (C=O) groups is 4. The molecular formula is C15H19ClF2O9. The maximum absolute atomic E-state index is 14.0. The van der Waals surface area contributed by atoms with Crippen LogP contribution in [0.4, 0.5) is 8.78 Å². The molecule has 0 aromatic heterocycles. The van der Waals surface area contributed by atoms with Crippen molar-refractivity contribution in [1.82, 2.24) is 0 Å². The van der Waals surface area contributed by atoms with E-state index in [-0.39, 0.29) is 0 Å². The quantitative estimate of drug-likeness (QED) is 0.357. The van der Waals surface area contributed by atoms with Crippen molar-refractivity contribution in [2.45, 2.75) is 57.7 Å². The fourth-order valence-corrected chi connectivity index (χ4v) is 2.74. The van der Waals surface area contributed by atoms with Crippen LogP contribution in [0.2, 0.25) is 0 Å². The van der Waals surface area contributed by atoms with Gasteiger partial charge in [0.1, 0.15) is 18.6 Å². The van der Waals surface area contributed by atoms with E-state index >= 15 is 0 Å². The van der Waals surface area contributed by atoms with Crippen LogP contribution in [0.5, 0.6) is 0 Å². The average Bonchev–Trinajstić information content (AvgIpc) is 2.44. The van der Waals surface area contributed by atoms with Crippen molar-refractivity contribution < 1.29 is 51.6 Å². The second-order valence-electron chi connectivity index (χ2n) is 5.67. The molecule has 0 aromatic rings. The molecular weight excluding hydrogens is 398 g/mol. The van der Waals surface area contributed by atoms with E-state index < -0.39 is 66.4 Å². The van der Waals surface area contributed by atoms with Gasteiger partial charge in [-0.3, -0.25) is 19.2 Å². The van der Waals surface area contributed by atoms with Gasteiger partial charge in [0.2, 0.25) is 6.29 Å². The number of hydrogen-bond donors (Lipinski definition) is 0. The number of ether oxygens (including phenoxy) is 5. The largest absolute Gasteiger partial charge is 0.463 e. The molecule has 12 heteroatoms. The molecule has 154 valence electrons. The van der Waals surface area contributed by atoms with Crippen molar-refractivity contribution in [2.75, 3.05) is 6.61 Å². The van der Waals surface area contributed by atoms with Crippen LogP contribution >= 0.6 is 11.6 Å². The first-order chi connectivity index (χ1) is 12.3. The summed E-state index contributed by atoms with van der Waals surface area (Å²) in [5.41, 5.74) is 0. The second-order valence-corrected chi connectivity index (χ2v) is 6.17. The van der Waals surface area contributed by atoms with Gasteiger partial charge in [-0.1, -0.05) is 0 Å². The highest BCUT2D eigenvalue weighted by Gasteiger charge is 2.60. The fraction of sp³-hybridized carbons (Fsp3) is 0.733. The number of hydrogen-bond acceptors (Lipinski definition) is 9. The third kappa shape index (κ3) is 6.90. The Bertz CT molecular complexity index is 592. The third-order valence-electron chi connectivity index (χ3n) is 3.36. The molecule has 0 unspecified atom stereocenters. The first kappa shape index (κ1) is 23.0. The van der Waals surface area contributed by atoms with Gasteiger partial charge in [0.15, 0.2) is 12.2 Å². The topological polar surface area (TPSA) is 114 Å². The van der Waals surface area contributed by atoms with Gasteiger partial charge >= 0.3 is 29.3 Å². The Morgan fingerprint density at radius 2 is 1.37 bits per heavy atom. The minimum Gasteiger partial charge on any atom is -0.463 e. The van der Waals surface area contributed by atoms with Crippen LogP contribution in [0.25, 0.3) is 0 Å². The molecule has 1 saturated heterocycles. The van der Waals surface area contributed by atoms with Gasteiger partial charge < -0.3 is 23.7 Å². The minimum atomic E-state index is -4.08. The molecule has 0 amide bonds. The second kappa shape index (κ2) is 9.27. The van der Waals surface area contributed by atoms with Crippen LogP contribution in [0, 0.1) is 5.92 Å². The van der Waals surface area contributed by atoms with E-state index in [4.69, 9.17) is 35.3 Å². The van der Waals surface area contributed by atoms with Crippen LogP contribution in [-0.2, 0) is 42.9 Å².